The quantitative estimate of drug-likeness (QED) is 0.195. The van der Waals surface area contributed by atoms with Crippen LogP contribution in [-0.2, 0) is 0 Å². The molecule has 0 saturated carbocycles. The highest BCUT2D eigenvalue weighted by Crippen LogP contribution is 2.50. The topological polar surface area (TPSA) is 71.1 Å². The fraction of sp³-hybridized carbons (Fsp3) is 0.267. The van der Waals surface area contributed by atoms with Crippen LogP contribution in [0.4, 0.5) is 0 Å². The second-order valence-corrected chi connectivity index (χ2v) is 8.77. The summed E-state index contributed by atoms with van der Waals surface area (Å²) < 4.78 is 23.6. The lowest BCUT2D eigenvalue weighted by atomic mass is 9.80. The predicted molar refractivity (Wildman–Crippen MR) is 144 cm³/mol. The third kappa shape index (κ3) is 2.97. The van der Waals surface area contributed by atoms with Crippen LogP contribution in [0.2, 0.25) is 0 Å². The molecule has 182 valence electrons. The Balaban J connectivity index is 1.94. The average molecular weight is 483 g/mol. The van der Waals surface area contributed by atoms with Crippen molar-refractivity contribution in [3.63, 3.8) is 0 Å². The lowest BCUT2D eigenvalue weighted by Gasteiger charge is -2.24. The van der Waals surface area contributed by atoms with E-state index in [4.69, 9.17) is 18.9 Å². The summed E-state index contributed by atoms with van der Waals surface area (Å²) in [7, 11) is 0. The molecule has 0 bridgehead atoms. The molecule has 0 saturated heterocycles. The standard InChI is InChI=1S/C30H26O6/c1-5-33-15-9-17-23(35-7-3)13-22-27-25(17)19(11-15)29(31)21-14-24(36-8-4)18-10-16(34-6-2)12-20(30(22)32)26(18)28(21)27/h9-14H,5-8H2,1-4H3. The molecule has 2 aliphatic rings. The van der Waals surface area contributed by atoms with E-state index in [0.717, 1.165) is 32.7 Å². The summed E-state index contributed by atoms with van der Waals surface area (Å²) in [6.45, 7) is 9.38. The van der Waals surface area contributed by atoms with Crippen LogP contribution >= 0.6 is 0 Å². The largest absolute Gasteiger partial charge is 0.494 e. The Bertz CT molecular complexity index is 1690. The van der Waals surface area contributed by atoms with Crippen molar-refractivity contribution in [1.29, 1.82) is 0 Å². The van der Waals surface area contributed by atoms with Gasteiger partial charge in [-0.3, -0.25) is 9.59 Å². The minimum atomic E-state index is -0.124. The monoisotopic (exact) mass is 482 g/mol. The fourth-order valence-corrected chi connectivity index (χ4v) is 5.57. The molecule has 36 heavy (non-hydrogen) atoms. The van der Waals surface area contributed by atoms with E-state index in [2.05, 4.69) is 0 Å². The van der Waals surface area contributed by atoms with E-state index in [1.165, 1.54) is 0 Å². The van der Waals surface area contributed by atoms with E-state index in [0.29, 0.717) is 71.0 Å². The molecule has 4 aromatic carbocycles. The van der Waals surface area contributed by atoms with Crippen LogP contribution in [0.1, 0.15) is 27.7 Å². The van der Waals surface area contributed by atoms with Crippen LogP contribution in [-0.4, -0.2) is 26.4 Å². The lowest BCUT2D eigenvalue weighted by Crippen LogP contribution is -2.14. The highest BCUT2D eigenvalue weighted by atomic mass is 16.5. The highest BCUT2D eigenvalue weighted by Gasteiger charge is 2.29. The number of rotatable bonds is 8. The molecular formula is C30H26O6. The van der Waals surface area contributed by atoms with Crippen molar-refractivity contribution in [2.24, 2.45) is 0 Å². The van der Waals surface area contributed by atoms with Crippen molar-refractivity contribution in [3.05, 3.63) is 56.8 Å². The van der Waals surface area contributed by atoms with E-state index in [1.807, 2.05) is 39.8 Å². The van der Waals surface area contributed by atoms with Crippen molar-refractivity contribution in [2.45, 2.75) is 27.7 Å². The van der Waals surface area contributed by atoms with Gasteiger partial charge >= 0.3 is 0 Å². The smallest absolute Gasteiger partial charge is 0.194 e. The first kappa shape index (κ1) is 22.4. The zero-order valence-corrected chi connectivity index (χ0v) is 20.7. The molecule has 0 atom stereocenters. The summed E-state index contributed by atoms with van der Waals surface area (Å²) in [5.74, 6) is 2.30. The van der Waals surface area contributed by atoms with Gasteiger partial charge in [-0.15, -0.1) is 0 Å². The normalized spacial score (nSPS) is 12.0. The van der Waals surface area contributed by atoms with Gasteiger partial charge in [-0.25, -0.2) is 0 Å². The summed E-state index contributed by atoms with van der Waals surface area (Å²) in [4.78, 5) is 28.1. The van der Waals surface area contributed by atoms with Gasteiger partial charge in [0.05, 0.1) is 26.4 Å². The summed E-state index contributed by atoms with van der Waals surface area (Å²) >= 11 is 0. The van der Waals surface area contributed by atoms with Crippen molar-refractivity contribution in [2.75, 3.05) is 26.4 Å². The van der Waals surface area contributed by atoms with Gasteiger partial charge in [-0.1, -0.05) is 0 Å². The van der Waals surface area contributed by atoms with Gasteiger partial charge < -0.3 is 18.9 Å². The molecule has 2 aliphatic carbocycles. The predicted octanol–water partition coefficient (Wildman–Crippen LogP) is 6.03. The van der Waals surface area contributed by atoms with Gasteiger partial charge in [-0.05, 0) is 64.1 Å². The van der Waals surface area contributed by atoms with Gasteiger partial charge in [-0.2, -0.15) is 0 Å². The number of ether oxygens (including phenoxy) is 4. The Morgan fingerprint density at radius 2 is 0.833 bits per heavy atom. The summed E-state index contributed by atoms with van der Waals surface area (Å²) in [6, 6.07) is 11.0. The Morgan fingerprint density at radius 3 is 1.19 bits per heavy atom. The number of hydrogen-bond acceptors (Lipinski definition) is 6. The van der Waals surface area contributed by atoms with E-state index in [9.17, 15) is 9.59 Å². The minimum Gasteiger partial charge on any atom is -0.494 e. The van der Waals surface area contributed by atoms with Crippen molar-refractivity contribution in [3.8, 4) is 34.1 Å². The van der Waals surface area contributed by atoms with Crippen molar-refractivity contribution in [1.82, 2.24) is 0 Å². The first-order valence-corrected chi connectivity index (χ1v) is 12.4. The maximum Gasteiger partial charge on any atom is 0.194 e. The molecule has 6 nitrogen and oxygen atoms in total. The SMILES string of the molecule is CCOc1cc2c(OCC)cc3c4c2c(c1)c(=O)c1cc(OCC)c2cc(OCC)cc(c3=O)c2c1-4. The van der Waals surface area contributed by atoms with Gasteiger partial charge in [0.2, 0.25) is 0 Å². The van der Waals surface area contributed by atoms with Gasteiger partial charge in [0.15, 0.2) is 10.9 Å². The molecule has 0 heterocycles. The second kappa shape index (κ2) is 8.26. The first-order chi connectivity index (χ1) is 17.5. The van der Waals surface area contributed by atoms with Crippen LogP contribution in [0, 0.1) is 0 Å². The highest BCUT2D eigenvalue weighted by molar-refractivity contribution is 6.30. The zero-order valence-electron chi connectivity index (χ0n) is 20.7. The Labute approximate surface area is 207 Å². The Morgan fingerprint density at radius 1 is 0.472 bits per heavy atom. The second-order valence-electron chi connectivity index (χ2n) is 8.77. The maximum atomic E-state index is 14.0. The van der Waals surface area contributed by atoms with E-state index in [-0.39, 0.29) is 10.9 Å². The molecule has 4 aromatic rings. The maximum absolute atomic E-state index is 14.0. The third-order valence-electron chi connectivity index (χ3n) is 6.79. The van der Waals surface area contributed by atoms with Crippen LogP contribution in [0.5, 0.6) is 23.0 Å². The van der Waals surface area contributed by atoms with Crippen LogP contribution < -0.4 is 29.8 Å². The Hall–Kier alpha value is -4.06. The van der Waals surface area contributed by atoms with E-state index >= 15 is 0 Å². The Kier molecular flexibility index (Phi) is 5.14. The first-order valence-electron chi connectivity index (χ1n) is 12.4. The van der Waals surface area contributed by atoms with Gasteiger partial charge in [0, 0.05) is 54.2 Å². The molecule has 0 N–H and O–H groups in total. The van der Waals surface area contributed by atoms with E-state index < -0.39 is 0 Å². The van der Waals surface area contributed by atoms with Crippen LogP contribution in [0.25, 0.3) is 54.2 Å². The summed E-state index contributed by atoms with van der Waals surface area (Å²) in [6.07, 6.45) is 0. The summed E-state index contributed by atoms with van der Waals surface area (Å²) in [5, 5.41) is 5.05. The van der Waals surface area contributed by atoms with Crippen molar-refractivity contribution < 1.29 is 18.9 Å². The molecule has 0 amide bonds. The molecule has 0 spiro atoms. The number of hydrogen-bond donors (Lipinski definition) is 0. The molecule has 0 radical (unpaired) electrons. The fourth-order valence-electron chi connectivity index (χ4n) is 5.57. The van der Waals surface area contributed by atoms with Gasteiger partial charge in [0.25, 0.3) is 0 Å². The summed E-state index contributed by atoms with van der Waals surface area (Å²) in [5.41, 5.74) is 1.30. The van der Waals surface area contributed by atoms with Crippen LogP contribution in [0.15, 0.2) is 46.0 Å². The molecule has 0 unspecified atom stereocenters. The molecule has 0 aliphatic heterocycles. The lowest BCUT2D eigenvalue weighted by molar-refractivity contribution is 0.338. The van der Waals surface area contributed by atoms with Crippen LogP contribution in [0.3, 0.4) is 0 Å². The van der Waals surface area contributed by atoms with Gasteiger partial charge in [0.1, 0.15) is 23.0 Å². The minimum absolute atomic E-state index is 0.124. The molecule has 0 fully saturated rings. The number of benzene rings is 6. The van der Waals surface area contributed by atoms with E-state index in [1.54, 1.807) is 24.3 Å². The molecular weight excluding hydrogens is 456 g/mol. The third-order valence-corrected chi connectivity index (χ3v) is 6.79. The molecule has 6 heteroatoms. The van der Waals surface area contributed by atoms with Crippen molar-refractivity contribution >= 4 is 43.1 Å². The average Bonchev–Trinajstić information content (AvgIpc) is 2.87. The molecule has 0 aromatic heterocycles. The molecule has 6 rings (SSSR count). The zero-order chi connectivity index (χ0) is 25.1.